The Bertz CT molecular complexity index is 745. The van der Waals surface area contributed by atoms with Crippen LogP contribution in [-0.2, 0) is 0 Å². The van der Waals surface area contributed by atoms with Gasteiger partial charge < -0.3 is 10.1 Å². The predicted octanol–water partition coefficient (Wildman–Crippen LogP) is 3.77. The number of pyridine rings is 1. The first-order chi connectivity index (χ1) is 13.2. The van der Waals surface area contributed by atoms with Gasteiger partial charge in [-0.15, -0.1) is 11.8 Å². The summed E-state index contributed by atoms with van der Waals surface area (Å²) < 4.78 is 5.28. The molecule has 27 heavy (non-hydrogen) atoms. The molecule has 1 amide bonds. The second-order valence-electron chi connectivity index (χ2n) is 6.66. The number of likely N-dealkylation sites (tertiary alicyclic amines) is 1. The number of nitrogens with zero attached hydrogens (tertiary/aromatic N) is 2. The van der Waals surface area contributed by atoms with E-state index in [1.165, 1.54) is 36.6 Å². The number of methoxy groups -OCH3 is 1. The number of benzene rings is 1. The third kappa shape index (κ3) is 5.02. The van der Waals surface area contributed by atoms with Gasteiger partial charge in [0.05, 0.1) is 18.7 Å². The summed E-state index contributed by atoms with van der Waals surface area (Å²) >= 11 is 1.49. The Morgan fingerprint density at radius 1 is 1.22 bits per heavy atom. The van der Waals surface area contributed by atoms with Crippen molar-refractivity contribution in [3.63, 3.8) is 0 Å². The van der Waals surface area contributed by atoms with E-state index in [9.17, 15) is 4.79 Å². The number of hydrogen-bond donors (Lipinski definition) is 1. The van der Waals surface area contributed by atoms with Gasteiger partial charge in [0.2, 0.25) is 0 Å². The van der Waals surface area contributed by atoms with Crippen LogP contribution in [0.1, 0.15) is 41.2 Å². The molecule has 144 valence electrons. The maximum atomic E-state index is 12.7. The zero-order valence-electron chi connectivity index (χ0n) is 16.0. The van der Waals surface area contributed by atoms with Crippen LogP contribution in [0.25, 0.3) is 0 Å². The minimum absolute atomic E-state index is 0.0667. The molecule has 1 saturated heterocycles. The van der Waals surface area contributed by atoms with E-state index in [1.807, 2.05) is 24.5 Å². The minimum Gasteiger partial charge on any atom is -0.497 e. The molecule has 0 spiro atoms. The Morgan fingerprint density at radius 3 is 2.63 bits per heavy atom. The first-order valence-electron chi connectivity index (χ1n) is 9.38. The van der Waals surface area contributed by atoms with Crippen molar-refractivity contribution in [1.82, 2.24) is 15.2 Å². The lowest BCUT2D eigenvalue weighted by molar-refractivity contribution is 0.0921. The first kappa shape index (κ1) is 19.7. The van der Waals surface area contributed by atoms with Gasteiger partial charge in [0.25, 0.3) is 5.91 Å². The van der Waals surface area contributed by atoms with Gasteiger partial charge in [-0.25, -0.2) is 4.98 Å². The van der Waals surface area contributed by atoms with Gasteiger partial charge in [0, 0.05) is 12.7 Å². The number of thioether (sulfide) groups is 1. The zero-order chi connectivity index (χ0) is 19.1. The Kier molecular flexibility index (Phi) is 7.12. The molecule has 1 unspecified atom stereocenters. The van der Waals surface area contributed by atoms with Crippen LogP contribution >= 0.6 is 11.8 Å². The number of nitrogens with one attached hydrogen (secondary N) is 1. The Hall–Kier alpha value is -2.05. The topological polar surface area (TPSA) is 54.5 Å². The number of piperidine rings is 1. The van der Waals surface area contributed by atoms with Gasteiger partial charge in [-0.05, 0) is 62.0 Å². The van der Waals surface area contributed by atoms with Crippen molar-refractivity contribution in [1.29, 1.82) is 0 Å². The van der Waals surface area contributed by atoms with Gasteiger partial charge >= 0.3 is 0 Å². The van der Waals surface area contributed by atoms with Gasteiger partial charge in [-0.1, -0.05) is 18.6 Å². The van der Waals surface area contributed by atoms with E-state index in [-0.39, 0.29) is 11.9 Å². The maximum Gasteiger partial charge on any atom is 0.254 e. The fourth-order valence-corrected chi connectivity index (χ4v) is 4.07. The molecule has 5 nitrogen and oxygen atoms in total. The number of carbonyl (C=O) groups excluding carboxylic acids is 1. The average molecular weight is 386 g/mol. The maximum absolute atomic E-state index is 12.7. The molecule has 1 aromatic heterocycles. The van der Waals surface area contributed by atoms with E-state index in [1.54, 1.807) is 19.4 Å². The quantitative estimate of drug-likeness (QED) is 0.736. The predicted molar refractivity (Wildman–Crippen MR) is 110 cm³/mol. The van der Waals surface area contributed by atoms with Crippen molar-refractivity contribution in [3.8, 4) is 5.75 Å². The molecule has 1 aliphatic heterocycles. The standard InChI is InChI=1S/C21H27N3O2S/c1-26-17-10-8-16(9-11-17)19(24-13-4-3-5-14-24)15-23-20(25)18-7-6-12-22-21(18)27-2/h6-12,19H,3-5,13-15H2,1-2H3,(H,23,25). The number of rotatable bonds is 7. The summed E-state index contributed by atoms with van der Waals surface area (Å²) in [6.45, 7) is 2.71. The number of aromatic nitrogens is 1. The van der Waals surface area contributed by atoms with Crippen molar-refractivity contribution in [3.05, 3.63) is 53.7 Å². The monoisotopic (exact) mass is 385 g/mol. The molecule has 0 bridgehead atoms. The molecule has 2 aromatic rings. The van der Waals surface area contributed by atoms with Crippen LogP contribution in [0, 0.1) is 0 Å². The molecule has 1 aliphatic rings. The third-order valence-corrected chi connectivity index (χ3v) is 5.71. The molecule has 1 aromatic carbocycles. The zero-order valence-corrected chi connectivity index (χ0v) is 16.8. The summed E-state index contributed by atoms with van der Waals surface area (Å²) in [4.78, 5) is 19.5. The van der Waals surface area contributed by atoms with Crippen molar-refractivity contribution in [2.24, 2.45) is 0 Å². The number of amides is 1. The van der Waals surface area contributed by atoms with Crippen LogP contribution in [0.5, 0.6) is 5.75 Å². The lowest BCUT2D eigenvalue weighted by Gasteiger charge is -2.35. The fourth-order valence-electron chi connectivity index (χ4n) is 3.52. The lowest BCUT2D eigenvalue weighted by Crippen LogP contribution is -2.40. The number of carbonyl (C=O) groups is 1. The van der Waals surface area contributed by atoms with Gasteiger partial charge in [0.1, 0.15) is 10.8 Å². The summed E-state index contributed by atoms with van der Waals surface area (Å²) in [6.07, 6.45) is 7.36. The first-order valence-corrected chi connectivity index (χ1v) is 10.6. The number of hydrogen-bond acceptors (Lipinski definition) is 5. The average Bonchev–Trinajstić information content (AvgIpc) is 2.75. The van der Waals surface area contributed by atoms with E-state index < -0.39 is 0 Å². The summed E-state index contributed by atoms with van der Waals surface area (Å²) in [7, 11) is 1.68. The molecule has 1 atom stereocenters. The van der Waals surface area contributed by atoms with E-state index in [4.69, 9.17) is 4.74 Å². The molecule has 3 rings (SSSR count). The largest absolute Gasteiger partial charge is 0.497 e. The smallest absolute Gasteiger partial charge is 0.254 e. The summed E-state index contributed by atoms with van der Waals surface area (Å²) in [6, 6.07) is 12.0. The normalized spacial score (nSPS) is 15.9. The van der Waals surface area contributed by atoms with E-state index in [0.29, 0.717) is 12.1 Å². The molecule has 2 heterocycles. The van der Waals surface area contributed by atoms with Crippen LogP contribution < -0.4 is 10.1 Å². The van der Waals surface area contributed by atoms with Crippen molar-refractivity contribution in [2.45, 2.75) is 30.3 Å². The fraction of sp³-hybridized carbons (Fsp3) is 0.429. The molecule has 0 radical (unpaired) electrons. The summed E-state index contributed by atoms with van der Waals surface area (Å²) in [5.74, 6) is 0.781. The summed E-state index contributed by atoms with van der Waals surface area (Å²) in [5.41, 5.74) is 1.84. The van der Waals surface area contributed by atoms with Gasteiger partial charge in [-0.2, -0.15) is 0 Å². The second-order valence-corrected chi connectivity index (χ2v) is 7.45. The molecular formula is C21H27N3O2S. The van der Waals surface area contributed by atoms with Gasteiger partial charge in [0.15, 0.2) is 0 Å². The molecule has 0 saturated carbocycles. The molecule has 1 N–H and O–H groups in total. The third-order valence-electron chi connectivity index (χ3n) is 5.00. The highest BCUT2D eigenvalue weighted by Crippen LogP contribution is 2.26. The van der Waals surface area contributed by atoms with Gasteiger partial charge in [-0.3, -0.25) is 9.69 Å². The van der Waals surface area contributed by atoms with Crippen molar-refractivity contribution in [2.75, 3.05) is 33.0 Å². The van der Waals surface area contributed by atoms with Crippen LogP contribution in [0.3, 0.4) is 0 Å². The highest BCUT2D eigenvalue weighted by Gasteiger charge is 2.23. The Morgan fingerprint density at radius 2 is 1.96 bits per heavy atom. The van der Waals surface area contributed by atoms with Crippen LogP contribution in [0.4, 0.5) is 0 Å². The number of ether oxygens (including phenoxy) is 1. The highest BCUT2D eigenvalue weighted by atomic mass is 32.2. The Balaban J connectivity index is 1.75. The second kappa shape index (κ2) is 9.76. The highest BCUT2D eigenvalue weighted by molar-refractivity contribution is 7.98. The summed E-state index contributed by atoms with van der Waals surface area (Å²) in [5, 5.41) is 3.89. The van der Waals surface area contributed by atoms with Crippen molar-refractivity contribution < 1.29 is 9.53 Å². The minimum atomic E-state index is -0.0667. The molecule has 1 fully saturated rings. The molecule has 0 aliphatic carbocycles. The Labute approximate surface area is 165 Å². The lowest BCUT2D eigenvalue weighted by atomic mass is 10.0. The molecule has 6 heteroatoms. The van der Waals surface area contributed by atoms with E-state index >= 15 is 0 Å². The molecular weight excluding hydrogens is 358 g/mol. The van der Waals surface area contributed by atoms with E-state index in [0.717, 1.165) is 23.9 Å². The van der Waals surface area contributed by atoms with Crippen LogP contribution in [0.15, 0.2) is 47.6 Å². The van der Waals surface area contributed by atoms with Crippen LogP contribution in [-0.4, -0.2) is 48.8 Å². The SMILES string of the molecule is COc1ccc(C(CNC(=O)c2cccnc2SC)N2CCCCC2)cc1. The van der Waals surface area contributed by atoms with E-state index in [2.05, 4.69) is 27.3 Å². The van der Waals surface area contributed by atoms with Crippen LogP contribution in [0.2, 0.25) is 0 Å². The van der Waals surface area contributed by atoms with Crippen molar-refractivity contribution >= 4 is 17.7 Å².